The molecule has 0 aromatic rings. The molecule has 4 heteroatoms. The summed E-state index contributed by atoms with van der Waals surface area (Å²) in [6.07, 6.45) is 1.22. The highest BCUT2D eigenvalue weighted by atomic mass is 32.2. The van der Waals surface area contributed by atoms with Crippen molar-refractivity contribution in [2.75, 3.05) is 6.61 Å². The third-order valence-corrected chi connectivity index (χ3v) is 0.989. The zero-order chi connectivity index (χ0) is 7.82. The summed E-state index contributed by atoms with van der Waals surface area (Å²) < 4.78 is 4.54. The molecule has 3 nitrogen and oxygen atoms in total. The van der Waals surface area contributed by atoms with Crippen LogP contribution in [0.25, 0.3) is 0 Å². The molecule has 0 aromatic heterocycles. The van der Waals surface area contributed by atoms with E-state index in [1.807, 2.05) is 0 Å². The van der Waals surface area contributed by atoms with Crippen molar-refractivity contribution in [2.45, 2.75) is 6.92 Å². The van der Waals surface area contributed by atoms with Crippen LogP contribution in [0.15, 0.2) is 11.5 Å². The van der Waals surface area contributed by atoms with E-state index in [2.05, 4.69) is 4.74 Å². The number of thiocyanates is 1. The first-order valence-corrected chi connectivity index (χ1v) is 3.57. The van der Waals surface area contributed by atoms with Crippen LogP contribution >= 0.6 is 11.8 Å². The number of ether oxygens (including phenoxy) is 1. The molecule has 0 radical (unpaired) electrons. The summed E-state index contributed by atoms with van der Waals surface area (Å²) in [5.74, 6) is -0.412. The largest absolute Gasteiger partial charge is 0.463 e. The van der Waals surface area contributed by atoms with E-state index in [1.54, 1.807) is 12.3 Å². The quantitative estimate of drug-likeness (QED) is 0.352. The molecule has 0 aliphatic rings. The number of carbonyl (C=O) groups excluding carboxylic acids is 1. The van der Waals surface area contributed by atoms with Crippen molar-refractivity contribution in [3.63, 3.8) is 0 Å². The van der Waals surface area contributed by atoms with Gasteiger partial charge in [0.1, 0.15) is 5.40 Å². The minimum absolute atomic E-state index is 0.362. The first-order chi connectivity index (χ1) is 4.81. The number of nitriles is 1. The predicted molar refractivity (Wildman–Crippen MR) is 39.0 cm³/mol. The first kappa shape index (κ1) is 9.05. The Hall–Kier alpha value is -0.950. The summed E-state index contributed by atoms with van der Waals surface area (Å²) in [7, 11) is 0. The van der Waals surface area contributed by atoms with Crippen molar-refractivity contribution in [3.8, 4) is 5.40 Å². The van der Waals surface area contributed by atoms with Gasteiger partial charge in [-0.2, -0.15) is 5.26 Å². The summed E-state index contributed by atoms with van der Waals surface area (Å²) in [5.41, 5.74) is 0. The third kappa shape index (κ3) is 5.19. The number of thioether (sulfide) groups is 1. The van der Waals surface area contributed by atoms with Gasteiger partial charge in [-0.05, 0) is 24.1 Å². The number of rotatable bonds is 3. The molecular formula is C6H7NO2S. The lowest BCUT2D eigenvalue weighted by molar-refractivity contribution is -0.137. The van der Waals surface area contributed by atoms with Crippen molar-refractivity contribution in [1.82, 2.24) is 0 Å². The molecule has 0 aliphatic carbocycles. The van der Waals surface area contributed by atoms with Crippen molar-refractivity contribution < 1.29 is 9.53 Å². The van der Waals surface area contributed by atoms with Crippen molar-refractivity contribution in [2.24, 2.45) is 0 Å². The van der Waals surface area contributed by atoms with Crippen LogP contribution in [0.1, 0.15) is 6.92 Å². The second kappa shape index (κ2) is 6.17. The standard InChI is InChI=1S/C6H7NO2S/c1-2-9-6(8)3-4-10-5-7/h3-4H,2H2,1H3. The second-order valence-electron chi connectivity index (χ2n) is 1.26. The molecule has 10 heavy (non-hydrogen) atoms. The maximum absolute atomic E-state index is 10.5. The summed E-state index contributed by atoms with van der Waals surface area (Å²) in [4.78, 5) is 10.5. The lowest BCUT2D eigenvalue weighted by Crippen LogP contribution is -1.98. The van der Waals surface area contributed by atoms with Gasteiger partial charge >= 0.3 is 5.97 Å². The summed E-state index contributed by atoms with van der Waals surface area (Å²) >= 11 is 0.886. The molecule has 54 valence electrons. The van der Waals surface area contributed by atoms with E-state index in [0.717, 1.165) is 11.8 Å². The van der Waals surface area contributed by atoms with Crippen molar-refractivity contribution in [1.29, 1.82) is 5.26 Å². The molecule has 0 rings (SSSR count). The fourth-order valence-electron chi connectivity index (χ4n) is 0.310. The molecule has 0 heterocycles. The van der Waals surface area contributed by atoms with Crippen LogP contribution < -0.4 is 0 Å². The van der Waals surface area contributed by atoms with Gasteiger partial charge in [0, 0.05) is 6.08 Å². The van der Waals surface area contributed by atoms with Crippen LogP contribution in [0.3, 0.4) is 0 Å². The Labute approximate surface area is 63.7 Å². The average Bonchev–Trinajstić information content (AvgIpc) is 1.89. The van der Waals surface area contributed by atoms with Crippen LogP contribution in [0.2, 0.25) is 0 Å². The maximum Gasteiger partial charge on any atom is 0.331 e. The van der Waals surface area contributed by atoms with Gasteiger partial charge in [0.05, 0.1) is 6.61 Å². The highest BCUT2D eigenvalue weighted by molar-refractivity contribution is 8.06. The molecule has 0 saturated heterocycles. The number of nitrogens with zero attached hydrogens (tertiary/aromatic N) is 1. The van der Waals surface area contributed by atoms with E-state index in [0.29, 0.717) is 6.61 Å². The molecule has 0 aromatic carbocycles. The van der Waals surface area contributed by atoms with E-state index in [-0.39, 0.29) is 0 Å². The maximum atomic E-state index is 10.5. The topological polar surface area (TPSA) is 50.1 Å². The van der Waals surface area contributed by atoms with Gasteiger partial charge in [0.2, 0.25) is 0 Å². The van der Waals surface area contributed by atoms with Crippen LogP contribution in [-0.4, -0.2) is 12.6 Å². The zero-order valence-corrected chi connectivity index (χ0v) is 6.35. The highest BCUT2D eigenvalue weighted by Gasteiger charge is 1.90. The smallest absolute Gasteiger partial charge is 0.331 e. The van der Waals surface area contributed by atoms with Crippen LogP contribution in [-0.2, 0) is 9.53 Å². The number of carbonyl (C=O) groups is 1. The van der Waals surface area contributed by atoms with E-state index >= 15 is 0 Å². The first-order valence-electron chi connectivity index (χ1n) is 2.69. The summed E-state index contributed by atoms with van der Waals surface area (Å²) in [5, 5.41) is 11.2. The molecule has 0 N–H and O–H groups in total. The van der Waals surface area contributed by atoms with E-state index < -0.39 is 5.97 Å². The van der Waals surface area contributed by atoms with Gasteiger partial charge in [-0.3, -0.25) is 0 Å². The average molecular weight is 157 g/mol. The van der Waals surface area contributed by atoms with Gasteiger partial charge in [-0.1, -0.05) is 0 Å². The minimum Gasteiger partial charge on any atom is -0.463 e. The third-order valence-electron chi connectivity index (χ3n) is 0.611. The molecular weight excluding hydrogens is 150 g/mol. The highest BCUT2D eigenvalue weighted by Crippen LogP contribution is 1.97. The van der Waals surface area contributed by atoms with Crippen molar-refractivity contribution in [3.05, 3.63) is 11.5 Å². The fourth-order valence-corrected chi connectivity index (χ4v) is 0.550. The fraction of sp³-hybridized carbons (Fsp3) is 0.333. The van der Waals surface area contributed by atoms with Crippen LogP contribution in [0.4, 0.5) is 0 Å². The summed E-state index contributed by atoms with van der Waals surface area (Å²) in [6, 6.07) is 0. The molecule has 0 amide bonds. The monoisotopic (exact) mass is 157 g/mol. The molecule has 0 atom stereocenters. The van der Waals surface area contributed by atoms with Gasteiger partial charge in [0.15, 0.2) is 0 Å². The Balaban J connectivity index is 3.48. The van der Waals surface area contributed by atoms with E-state index in [9.17, 15) is 4.79 Å². The van der Waals surface area contributed by atoms with Gasteiger partial charge < -0.3 is 4.74 Å². The lowest BCUT2D eigenvalue weighted by atomic mass is 10.6. The summed E-state index contributed by atoms with van der Waals surface area (Å²) in [6.45, 7) is 2.09. The van der Waals surface area contributed by atoms with E-state index in [4.69, 9.17) is 5.26 Å². The number of esters is 1. The minimum atomic E-state index is -0.412. The molecule has 0 bridgehead atoms. The SMILES string of the molecule is CCOC(=O)C=CSC#N. The van der Waals surface area contributed by atoms with E-state index in [1.165, 1.54) is 11.5 Å². The molecule has 0 unspecified atom stereocenters. The zero-order valence-electron chi connectivity index (χ0n) is 5.53. The van der Waals surface area contributed by atoms with Crippen molar-refractivity contribution >= 4 is 17.7 Å². The van der Waals surface area contributed by atoms with Crippen LogP contribution in [0, 0.1) is 10.7 Å². The van der Waals surface area contributed by atoms with Crippen LogP contribution in [0.5, 0.6) is 0 Å². The Morgan fingerprint density at radius 1 is 1.90 bits per heavy atom. The Kier molecular flexibility index (Phi) is 5.59. The molecule has 0 saturated carbocycles. The second-order valence-corrected chi connectivity index (χ2v) is 1.95. The molecule has 0 fully saturated rings. The molecule has 0 aliphatic heterocycles. The van der Waals surface area contributed by atoms with Gasteiger partial charge in [-0.15, -0.1) is 0 Å². The van der Waals surface area contributed by atoms with Gasteiger partial charge in [0.25, 0.3) is 0 Å². The normalized spacial score (nSPS) is 9.20. The molecule has 0 spiro atoms. The Morgan fingerprint density at radius 2 is 2.60 bits per heavy atom. The Morgan fingerprint density at radius 3 is 3.10 bits per heavy atom. The predicted octanol–water partition coefficient (Wildman–Crippen LogP) is 1.28. The van der Waals surface area contributed by atoms with Gasteiger partial charge in [-0.25, -0.2) is 4.79 Å². The lowest BCUT2D eigenvalue weighted by Gasteiger charge is -1.92. The Bertz CT molecular complexity index is 171. The number of hydrogen-bond donors (Lipinski definition) is 0. The number of hydrogen-bond acceptors (Lipinski definition) is 4.